The van der Waals surface area contributed by atoms with E-state index in [2.05, 4.69) is 38.3 Å². The van der Waals surface area contributed by atoms with Crippen molar-refractivity contribution in [3.63, 3.8) is 0 Å². The Labute approximate surface area is 217 Å². The number of nitrogens with zero attached hydrogens (tertiary/aromatic N) is 1. The summed E-state index contributed by atoms with van der Waals surface area (Å²) in [6.45, 7) is 8.43. The lowest BCUT2D eigenvalue weighted by molar-refractivity contribution is -0.383. The number of hydrogen-bond acceptors (Lipinski definition) is 4. The molecule has 7 nitrogen and oxygen atoms in total. The molecule has 0 atom stereocenters. The summed E-state index contributed by atoms with van der Waals surface area (Å²) in [6, 6.07) is 19.7. The van der Waals surface area contributed by atoms with Gasteiger partial charge in [-0.15, -0.1) is 0 Å². The van der Waals surface area contributed by atoms with Gasteiger partial charge in [0, 0.05) is 23.9 Å². The minimum Gasteiger partial charge on any atom is -0.322 e. The van der Waals surface area contributed by atoms with Crippen molar-refractivity contribution in [3.8, 4) is 0 Å². The zero-order valence-corrected chi connectivity index (χ0v) is 21.4. The molecule has 0 aromatic heterocycles. The number of anilines is 2. The van der Waals surface area contributed by atoms with E-state index < -0.39 is 16.7 Å². The van der Waals surface area contributed by atoms with E-state index in [0.717, 1.165) is 11.1 Å². The Balaban J connectivity index is 1.68. The first-order valence-electron chi connectivity index (χ1n) is 12.1. The molecule has 0 saturated carbocycles. The highest BCUT2D eigenvalue weighted by Crippen LogP contribution is 2.28. The summed E-state index contributed by atoms with van der Waals surface area (Å²) in [6.07, 6.45) is 6.02. The molecule has 2 N–H and O–H groups in total. The molecule has 0 bridgehead atoms. The molecular formula is C30H31N3O4. The molecule has 0 radical (unpaired) electrons. The van der Waals surface area contributed by atoms with E-state index in [-0.39, 0.29) is 11.4 Å². The minimum atomic E-state index is -0.587. The average molecular weight is 498 g/mol. The van der Waals surface area contributed by atoms with Crippen molar-refractivity contribution in [2.45, 2.75) is 39.5 Å². The van der Waals surface area contributed by atoms with Gasteiger partial charge < -0.3 is 10.6 Å². The van der Waals surface area contributed by atoms with E-state index in [1.54, 1.807) is 12.2 Å². The Hall–Kier alpha value is -4.52. The third-order valence-electron chi connectivity index (χ3n) is 5.78. The second kappa shape index (κ2) is 12.4. The van der Waals surface area contributed by atoms with Crippen LogP contribution in [0, 0.1) is 10.1 Å². The van der Waals surface area contributed by atoms with E-state index in [0.29, 0.717) is 17.5 Å². The molecule has 0 unspecified atom stereocenters. The van der Waals surface area contributed by atoms with Crippen LogP contribution >= 0.6 is 0 Å². The Bertz CT molecular complexity index is 1320. The molecule has 0 saturated heterocycles. The predicted octanol–water partition coefficient (Wildman–Crippen LogP) is 7.15. The van der Waals surface area contributed by atoms with Crippen LogP contribution in [0.25, 0.3) is 12.2 Å². The van der Waals surface area contributed by atoms with Gasteiger partial charge in [-0.2, -0.15) is 0 Å². The summed E-state index contributed by atoms with van der Waals surface area (Å²) < 4.78 is 0. The van der Waals surface area contributed by atoms with Crippen LogP contribution in [0.15, 0.2) is 78.9 Å². The molecule has 0 fully saturated rings. The van der Waals surface area contributed by atoms with Crippen LogP contribution in [0.4, 0.5) is 17.1 Å². The number of hydrogen-bond donors (Lipinski definition) is 2. The van der Waals surface area contributed by atoms with Crippen LogP contribution in [0.5, 0.6) is 0 Å². The molecule has 0 spiro atoms. The number of amides is 2. The fourth-order valence-electron chi connectivity index (χ4n) is 3.56. The van der Waals surface area contributed by atoms with Gasteiger partial charge in [0.15, 0.2) is 0 Å². The van der Waals surface area contributed by atoms with Gasteiger partial charge in [0.1, 0.15) is 5.69 Å². The maximum Gasteiger partial charge on any atom is 0.292 e. The number of benzene rings is 3. The summed E-state index contributed by atoms with van der Waals surface area (Å²) in [5.41, 5.74) is 4.14. The second-order valence-corrected chi connectivity index (χ2v) is 9.28. The molecule has 190 valence electrons. The molecule has 7 heteroatoms. The quantitative estimate of drug-likeness (QED) is 0.186. The Kier molecular flexibility index (Phi) is 9.11. The average Bonchev–Trinajstić information content (AvgIpc) is 2.86. The van der Waals surface area contributed by atoms with Crippen LogP contribution in [0.3, 0.4) is 0 Å². The molecule has 3 aromatic carbocycles. The fourth-order valence-corrected chi connectivity index (χ4v) is 3.56. The molecule has 37 heavy (non-hydrogen) atoms. The monoisotopic (exact) mass is 497 g/mol. The lowest BCUT2D eigenvalue weighted by Crippen LogP contribution is -2.12. The molecule has 3 rings (SSSR count). The Morgan fingerprint density at radius 3 is 1.62 bits per heavy atom. The standard InChI is InChI=1S/C30H31N3O4/c1-20(2)24-11-5-22(6-12-24)9-17-29(34)31-26-15-16-28(33(36)37)27(19-26)32-30(35)18-10-23-7-13-25(14-8-23)21(3)4/h5-21H,1-4H3,(H,31,34)(H,32,35)/b17-9+,18-10+. The largest absolute Gasteiger partial charge is 0.322 e. The van der Waals surface area contributed by atoms with Gasteiger partial charge in [0.25, 0.3) is 5.69 Å². The Morgan fingerprint density at radius 2 is 1.19 bits per heavy atom. The first-order valence-corrected chi connectivity index (χ1v) is 12.1. The number of rotatable bonds is 9. The second-order valence-electron chi connectivity index (χ2n) is 9.28. The van der Waals surface area contributed by atoms with Crippen molar-refractivity contribution < 1.29 is 14.5 Å². The normalized spacial score (nSPS) is 11.4. The van der Waals surface area contributed by atoms with Crippen molar-refractivity contribution in [3.05, 3.63) is 111 Å². The van der Waals surface area contributed by atoms with Gasteiger partial charge in [-0.3, -0.25) is 19.7 Å². The SMILES string of the molecule is CC(C)c1ccc(/C=C/C(=O)Nc2ccc([N+](=O)[O-])c(NC(=O)/C=C/c3ccc(C(C)C)cc3)c2)cc1. The van der Waals surface area contributed by atoms with E-state index in [4.69, 9.17) is 0 Å². The number of nitro benzene ring substituents is 1. The van der Waals surface area contributed by atoms with Crippen LogP contribution in [0.2, 0.25) is 0 Å². The number of nitrogens with one attached hydrogen (secondary N) is 2. The van der Waals surface area contributed by atoms with Gasteiger partial charge in [0.2, 0.25) is 11.8 Å². The highest BCUT2D eigenvalue weighted by atomic mass is 16.6. The third-order valence-corrected chi connectivity index (χ3v) is 5.78. The van der Waals surface area contributed by atoms with Crippen molar-refractivity contribution in [2.75, 3.05) is 10.6 Å². The maximum atomic E-state index is 12.5. The number of nitro groups is 1. The van der Waals surface area contributed by atoms with Gasteiger partial charge in [-0.1, -0.05) is 76.2 Å². The first-order chi connectivity index (χ1) is 17.6. The molecule has 0 aliphatic heterocycles. The molecule has 0 aliphatic carbocycles. The van der Waals surface area contributed by atoms with Crippen molar-refractivity contribution in [1.82, 2.24) is 0 Å². The van der Waals surface area contributed by atoms with E-state index >= 15 is 0 Å². The van der Waals surface area contributed by atoms with Crippen LogP contribution < -0.4 is 10.6 Å². The summed E-state index contributed by atoms with van der Waals surface area (Å²) in [4.78, 5) is 35.8. The lowest BCUT2D eigenvalue weighted by atomic mass is 10.0. The topological polar surface area (TPSA) is 101 Å². The molecule has 3 aromatic rings. The molecule has 0 heterocycles. The van der Waals surface area contributed by atoms with Crippen LogP contribution in [-0.4, -0.2) is 16.7 Å². The first kappa shape index (κ1) is 27.1. The lowest BCUT2D eigenvalue weighted by Gasteiger charge is -2.08. The molecule has 2 amide bonds. The van der Waals surface area contributed by atoms with Gasteiger partial charge in [0.05, 0.1) is 4.92 Å². The Morgan fingerprint density at radius 1 is 0.730 bits per heavy atom. The summed E-state index contributed by atoms with van der Waals surface area (Å²) in [7, 11) is 0. The zero-order valence-electron chi connectivity index (χ0n) is 21.4. The van der Waals surface area contributed by atoms with Gasteiger partial charge in [-0.25, -0.2) is 0 Å². The minimum absolute atomic E-state index is 0.0131. The van der Waals surface area contributed by atoms with Crippen LogP contribution in [-0.2, 0) is 9.59 Å². The van der Waals surface area contributed by atoms with Crippen LogP contribution in [0.1, 0.15) is 61.8 Å². The predicted molar refractivity (Wildman–Crippen MR) is 149 cm³/mol. The molecule has 0 aliphatic rings. The van der Waals surface area contributed by atoms with Crippen molar-refractivity contribution in [2.24, 2.45) is 0 Å². The van der Waals surface area contributed by atoms with E-state index in [9.17, 15) is 19.7 Å². The highest BCUT2D eigenvalue weighted by Gasteiger charge is 2.16. The summed E-state index contributed by atoms with van der Waals surface area (Å²) in [5.74, 6) is -0.0978. The maximum absolute atomic E-state index is 12.5. The zero-order chi connectivity index (χ0) is 26.9. The number of carbonyl (C=O) groups excluding carboxylic acids is 2. The smallest absolute Gasteiger partial charge is 0.292 e. The summed E-state index contributed by atoms with van der Waals surface area (Å²) in [5, 5.41) is 16.7. The van der Waals surface area contributed by atoms with E-state index in [1.807, 2.05) is 48.5 Å². The van der Waals surface area contributed by atoms with E-state index in [1.165, 1.54) is 41.5 Å². The summed E-state index contributed by atoms with van der Waals surface area (Å²) >= 11 is 0. The number of carbonyl (C=O) groups is 2. The van der Waals surface area contributed by atoms with Gasteiger partial charge >= 0.3 is 0 Å². The van der Waals surface area contributed by atoms with Crippen molar-refractivity contribution >= 4 is 41.0 Å². The van der Waals surface area contributed by atoms with Gasteiger partial charge in [-0.05, 0) is 58.4 Å². The third kappa shape index (κ3) is 8.00. The fraction of sp³-hybridized carbons (Fsp3) is 0.200. The highest BCUT2D eigenvalue weighted by molar-refractivity contribution is 6.05. The molecular weight excluding hydrogens is 466 g/mol. The van der Waals surface area contributed by atoms with Crippen molar-refractivity contribution in [1.29, 1.82) is 0 Å².